The molecule has 4 rings (SSSR count). The van der Waals surface area contributed by atoms with Crippen molar-refractivity contribution in [3.63, 3.8) is 0 Å². The standard InChI is InChI=1S/C24H17ClF3NO/c25-18-10-11-21-17(14-18)9-8-16-5-1-2-7-20(16)22(21)13-15-4-3-6-19(12-15)29-23(30)24(26,27)28/h1-7,10-14H,8-9H2,(H,29,30)/b22-13-. The zero-order valence-corrected chi connectivity index (χ0v) is 16.5. The van der Waals surface area contributed by atoms with Crippen molar-refractivity contribution >= 4 is 34.8 Å². The van der Waals surface area contributed by atoms with Crippen LogP contribution in [0.4, 0.5) is 18.9 Å². The van der Waals surface area contributed by atoms with Crippen molar-refractivity contribution in [1.82, 2.24) is 0 Å². The summed E-state index contributed by atoms with van der Waals surface area (Å²) in [5.74, 6) is -1.99. The summed E-state index contributed by atoms with van der Waals surface area (Å²) in [4.78, 5) is 11.3. The number of rotatable bonds is 2. The number of carbonyl (C=O) groups is 1. The zero-order valence-electron chi connectivity index (χ0n) is 15.8. The Morgan fingerprint density at radius 3 is 2.43 bits per heavy atom. The van der Waals surface area contributed by atoms with Crippen LogP contribution in [-0.2, 0) is 17.6 Å². The van der Waals surface area contributed by atoms with Gasteiger partial charge in [-0.15, -0.1) is 0 Å². The maximum Gasteiger partial charge on any atom is 0.471 e. The fraction of sp³-hybridized carbons (Fsp3) is 0.125. The number of alkyl halides is 3. The van der Waals surface area contributed by atoms with Gasteiger partial charge < -0.3 is 5.32 Å². The second-order valence-corrected chi connectivity index (χ2v) is 7.53. The molecule has 0 fully saturated rings. The lowest BCUT2D eigenvalue weighted by molar-refractivity contribution is -0.167. The lowest BCUT2D eigenvalue weighted by atomic mass is 9.92. The molecule has 1 N–H and O–H groups in total. The number of hydrogen-bond donors (Lipinski definition) is 1. The van der Waals surface area contributed by atoms with Crippen LogP contribution in [0.2, 0.25) is 5.02 Å². The number of benzene rings is 3. The van der Waals surface area contributed by atoms with Crippen LogP contribution in [0, 0.1) is 0 Å². The third-order valence-electron chi connectivity index (χ3n) is 5.04. The smallest absolute Gasteiger partial charge is 0.318 e. The van der Waals surface area contributed by atoms with E-state index < -0.39 is 12.1 Å². The van der Waals surface area contributed by atoms with E-state index in [1.807, 2.05) is 47.8 Å². The van der Waals surface area contributed by atoms with Gasteiger partial charge in [-0.3, -0.25) is 4.79 Å². The molecule has 6 heteroatoms. The first kappa shape index (κ1) is 20.2. The van der Waals surface area contributed by atoms with Crippen LogP contribution in [0.25, 0.3) is 11.6 Å². The Balaban J connectivity index is 1.80. The van der Waals surface area contributed by atoms with Crippen LogP contribution in [0.1, 0.15) is 27.8 Å². The Hall–Kier alpha value is -3.05. The predicted molar refractivity (Wildman–Crippen MR) is 113 cm³/mol. The highest BCUT2D eigenvalue weighted by Gasteiger charge is 2.38. The highest BCUT2D eigenvalue weighted by atomic mass is 35.5. The number of anilines is 1. The fourth-order valence-electron chi connectivity index (χ4n) is 3.68. The minimum absolute atomic E-state index is 0.0879. The number of halogens is 4. The molecule has 0 aromatic heterocycles. The Morgan fingerprint density at radius 1 is 0.900 bits per heavy atom. The van der Waals surface area contributed by atoms with Gasteiger partial charge in [0.15, 0.2) is 0 Å². The van der Waals surface area contributed by atoms with Gasteiger partial charge in [-0.05, 0) is 76.6 Å². The summed E-state index contributed by atoms with van der Waals surface area (Å²) in [5.41, 5.74) is 6.16. The summed E-state index contributed by atoms with van der Waals surface area (Å²) in [6.45, 7) is 0. The first-order valence-corrected chi connectivity index (χ1v) is 9.76. The first-order chi connectivity index (χ1) is 14.3. The molecule has 0 aliphatic heterocycles. The minimum atomic E-state index is -4.94. The SMILES string of the molecule is O=C(Nc1cccc(/C=C2/c3ccccc3CCc3cc(Cl)ccc32)c1)C(F)(F)F. The van der Waals surface area contributed by atoms with Gasteiger partial charge in [-0.1, -0.05) is 54.1 Å². The van der Waals surface area contributed by atoms with E-state index >= 15 is 0 Å². The number of carbonyl (C=O) groups excluding carboxylic acids is 1. The molecule has 3 aromatic rings. The maximum absolute atomic E-state index is 12.6. The molecule has 0 heterocycles. The molecule has 1 aliphatic rings. The van der Waals surface area contributed by atoms with E-state index in [4.69, 9.17) is 11.6 Å². The van der Waals surface area contributed by atoms with Crippen LogP contribution in [0.3, 0.4) is 0 Å². The van der Waals surface area contributed by atoms with Gasteiger partial charge in [0, 0.05) is 10.7 Å². The number of fused-ring (bicyclic) bond motifs is 2. The largest absolute Gasteiger partial charge is 0.471 e. The van der Waals surface area contributed by atoms with Crippen molar-refractivity contribution in [2.24, 2.45) is 0 Å². The maximum atomic E-state index is 12.6. The zero-order chi connectivity index (χ0) is 21.3. The fourth-order valence-corrected chi connectivity index (χ4v) is 3.87. The van der Waals surface area contributed by atoms with Gasteiger partial charge in [0.25, 0.3) is 0 Å². The molecular weight excluding hydrogens is 411 g/mol. The third-order valence-corrected chi connectivity index (χ3v) is 5.28. The second kappa shape index (κ2) is 8.00. The number of nitrogens with one attached hydrogen (secondary N) is 1. The van der Waals surface area contributed by atoms with E-state index in [1.54, 1.807) is 12.1 Å². The van der Waals surface area contributed by atoms with Gasteiger partial charge in [-0.25, -0.2) is 0 Å². The lowest BCUT2D eigenvalue weighted by Crippen LogP contribution is -2.29. The summed E-state index contributed by atoms with van der Waals surface area (Å²) < 4.78 is 37.7. The third kappa shape index (κ3) is 4.26. The van der Waals surface area contributed by atoms with Crippen molar-refractivity contribution in [2.45, 2.75) is 19.0 Å². The van der Waals surface area contributed by atoms with Gasteiger partial charge in [0.2, 0.25) is 0 Å². The van der Waals surface area contributed by atoms with Gasteiger partial charge >= 0.3 is 12.1 Å². The van der Waals surface area contributed by atoms with E-state index in [2.05, 4.69) is 6.07 Å². The Bertz CT molecular complexity index is 1150. The van der Waals surface area contributed by atoms with E-state index in [0.29, 0.717) is 10.6 Å². The highest BCUT2D eigenvalue weighted by Crippen LogP contribution is 2.36. The molecule has 1 aliphatic carbocycles. The molecule has 0 saturated carbocycles. The molecule has 0 radical (unpaired) electrons. The molecule has 30 heavy (non-hydrogen) atoms. The van der Waals surface area contributed by atoms with Crippen LogP contribution in [0.15, 0.2) is 66.7 Å². The van der Waals surface area contributed by atoms with Gasteiger partial charge in [0.05, 0.1) is 0 Å². The average molecular weight is 428 g/mol. The Kier molecular flexibility index (Phi) is 5.39. The van der Waals surface area contributed by atoms with Crippen molar-refractivity contribution in [1.29, 1.82) is 0 Å². The summed E-state index contributed by atoms with van der Waals surface area (Å²) in [7, 11) is 0. The normalized spacial score (nSPS) is 14.6. The molecule has 0 saturated heterocycles. The Labute approximate surface area is 177 Å². The first-order valence-electron chi connectivity index (χ1n) is 9.38. The lowest BCUT2D eigenvalue weighted by Gasteiger charge is -2.13. The summed E-state index contributed by atoms with van der Waals surface area (Å²) >= 11 is 6.20. The van der Waals surface area contributed by atoms with Crippen molar-refractivity contribution < 1.29 is 18.0 Å². The molecule has 3 aromatic carbocycles. The van der Waals surface area contributed by atoms with E-state index in [9.17, 15) is 18.0 Å². The van der Waals surface area contributed by atoms with E-state index in [-0.39, 0.29) is 5.69 Å². The summed E-state index contributed by atoms with van der Waals surface area (Å²) in [6, 6.07) is 20.2. The van der Waals surface area contributed by atoms with Crippen molar-refractivity contribution in [3.8, 4) is 0 Å². The van der Waals surface area contributed by atoms with Crippen molar-refractivity contribution in [2.75, 3.05) is 5.32 Å². The molecule has 152 valence electrons. The average Bonchev–Trinajstić information content (AvgIpc) is 2.85. The molecule has 0 unspecified atom stereocenters. The summed E-state index contributed by atoms with van der Waals surface area (Å²) in [6.07, 6.45) is -1.30. The quantitative estimate of drug-likeness (QED) is 0.495. The highest BCUT2D eigenvalue weighted by molar-refractivity contribution is 6.30. The van der Waals surface area contributed by atoms with Crippen LogP contribution in [0.5, 0.6) is 0 Å². The van der Waals surface area contributed by atoms with E-state index in [1.165, 1.54) is 17.7 Å². The van der Waals surface area contributed by atoms with Gasteiger partial charge in [0.1, 0.15) is 0 Å². The summed E-state index contributed by atoms with van der Waals surface area (Å²) in [5, 5.41) is 2.57. The number of aryl methyl sites for hydroxylation is 2. The number of amides is 1. The van der Waals surface area contributed by atoms with Crippen LogP contribution in [-0.4, -0.2) is 12.1 Å². The van der Waals surface area contributed by atoms with E-state index in [0.717, 1.165) is 35.1 Å². The Morgan fingerprint density at radius 2 is 1.63 bits per heavy atom. The molecular formula is C24H17ClF3NO. The topological polar surface area (TPSA) is 29.1 Å². The minimum Gasteiger partial charge on any atom is -0.318 e. The van der Waals surface area contributed by atoms with Crippen LogP contribution >= 0.6 is 11.6 Å². The van der Waals surface area contributed by atoms with Crippen LogP contribution < -0.4 is 5.32 Å². The van der Waals surface area contributed by atoms with Gasteiger partial charge in [-0.2, -0.15) is 13.2 Å². The predicted octanol–water partition coefficient (Wildman–Crippen LogP) is 6.53. The molecule has 0 atom stereocenters. The number of hydrogen-bond acceptors (Lipinski definition) is 1. The molecule has 2 nitrogen and oxygen atoms in total. The molecule has 0 bridgehead atoms. The molecule has 1 amide bonds. The molecule has 0 spiro atoms. The second-order valence-electron chi connectivity index (χ2n) is 7.09. The van der Waals surface area contributed by atoms with Crippen molar-refractivity contribution in [3.05, 3.63) is 99.6 Å². The monoisotopic (exact) mass is 427 g/mol.